The average Bonchev–Trinajstić information content (AvgIpc) is 2.64. The number of benzene rings is 1. The number of nitrogens with one attached hydrogen (secondary N) is 1. The molecule has 0 spiro atoms. The normalized spacial score (nSPS) is 17.5. The van der Waals surface area contributed by atoms with Crippen molar-refractivity contribution in [2.24, 2.45) is 7.05 Å². The van der Waals surface area contributed by atoms with Crippen molar-refractivity contribution in [3.63, 3.8) is 0 Å². The lowest BCUT2D eigenvalue weighted by molar-refractivity contribution is 0.460. The maximum absolute atomic E-state index is 13.4. The van der Waals surface area contributed by atoms with Crippen LogP contribution in [0.4, 0.5) is 4.39 Å². The van der Waals surface area contributed by atoms with Gasteiger partial charge in [0.05, 0.1) is 5.52 Å². The number of rotatable bonds is 1. The first-order valence-electron chi connectivity index (χ1n) is 6.63. The van der Waals surface area contributed by atoms with Crippen LogP contribution in [0.1, 0.15) is 30.0 Å². The molecule has 0 amide bonds. The van der Waals surface area contributed by atoms with Crippen molar-refractivity contribution in [1.29, 1.82) is 0 Å². The van der Waals surface area contributed by atoms with Gasteiger partial charge in [0.1, 0.15) is 5.82 Å². The number of hydrogen-bond donors (Lipinski definition) is 1. The molecule has 0 radical (unpaired) electrons. The zero-order valence-electron chi connectivity index (χ0n) is 11.0. The molecule has 18 heavy (non-hydrogen) atoms. The van der Waals surface area contributed by atoms with Crippen molar-refractivity contribution < 1.29 is 4.39 Å². The Kier molecular flexibility index (Phi) is 2.86. The number of nitrogens with zero attached hydrogens (tertiary/aromatic N) is 1. The molecule has 1 aromatic carbocycles. The fraction of sp³-hybridized carbons (Fsp3) is 0.467. The molecule has 2 aromatic rings. The molecule has 3 rings (SSSR count). The van der Waals surface area contributed by atoms with E-state index in [0.29, 0.717) is 5.92 Å². The molecule has 0 atom stereocenters. The van der Waals surface area contributed by atoms with Gasteiger partial charge in [-0.3, -0.25) is 0 Å². The molecular weight excluding hydrogens is 227 g/mol. The first kappa shape index (κ1) is 11.7. The summed E-state index contributed by atoms with van der Waals surface area (Å²) in [6, 6.07) is 5.16. The van der Waals surface area contributed by atoms with Crippen LogP contribution >= 0.6 is 0 Å². The predicted octanol–water partition coefficient (Wildman–Crippen LogP) is 3.09. The largest absolute Gasteiger partial charge is 0.348 e. The van der Waals surface area contributed by atoms with Crippen molar-refractivity contribution in [2.75, 3.05) is 13.1 Å². The lowest BCUT2D eigenvalue weighted by Crippen LogP contribution is -2.26. The lowest BCUT2D eigenvalue weighted by Gasteiger charge is -2.23. The molecule has 2 heterocycles. The van der Waals surface area contributed by atoms with E-state index in [1.54, 1.807) is 12.1 Å². The van der Waals surface area contributed by atoms with Gasteiger partial charge in [0.25, 0.3) is 0 Å². The summed E-state index contributed by atoms with van der Waals surface area (Å²) in [5.41, 5.74) is 3.72. The van der Waals surface area contributed by atoms with E-state index < -0.39 is 0 Å². The van der Waals surface area contributed by atoms with E-state index in [0.717, 1.165) is 18.6 Å². The second-order valence-electron chi connectivity index (χ2n) is 5.24. The molecule has 3 heteroatoms. The summed E-state index contributed by atoms with van der Waals surface area (Å²) in [5.74, 6) is 0.459. The van der Waals surface area contributed by atoms with E-state index in [9.17, 15) is 4.39 Å². The first-order valence-corrected chi connectivity index (χ1v) is 6.63. The lowest BCUT2D eigenvalue weighted by atomic mass is 9.88. The maximum atomic E-state index is 13.4. The van der Waals surface area contributed by atoms with E-state index in [1.165, 1.54) is 29.5 Å². The SMILES string of the molecule is Cc1c(C2CCNCC2)c2ccc(F)cc2n1C. The fourth-order valence-corrected chi connectivity index (χ4v) is 3.19. The van der Waals surface area contributed by atoms with Crippen LogP contribution < -0.4 is 5.32 Å². The summed E-state index contributed by atoms with van der Waals surface area (Å²) in [4.78, 5) is 0. The van der Waals surface area contributed by atoms with Gasteiger partial charge >= 0.3 is 0 Å². The Labute approximate surface area is 107 Å². The van der Waals surface area contributed by atoms with Crippen molar-refractivity contribution >= 4 is 10.9 Å². The Morgan fingerprint density at radius 2 is 2.00 bits per heavy atom. The van der Waals surface area contributed by atoms with Gasteiger partial charge in [-0.05, 0) is 62.5 Å². The van der Waals surface area contributed by atoms with Crippen LogP contribution in [0.25, 0.3) is 10.9 Å². The molecule has 1 aromatic heterocycles. The summed E-state index contributed by atoms with van der Waals surface area (Å²) in [7, 11) is 2.03. The highest BCUT2D eigenvalue weighted by Crippen LogP contribution is 2.35. The van der Waals surface area contributed by atoms with Crippen molar-refractivity contribution in [1.82, 2.24) is 9.88 Å². The average molecular weight is 246 g/mol. The molecule has 0 bridgehead atoms. The van der Waals surface area contributed by atoms with Crippen LogP contribution in [0.5, 0.6) is 0 Å². The van der Waals surface area contributed by atoms with Crippen LogP contribution in [0.15, 0.2) is 18.2 Å². The number of fused-ring (bicyclic) bond motifs is 1. The third-order valence-electron chi connectivity index (χ3n) is 4.25. The highest BCUT2D eigenvalue weighted by molar-refractivity contribution is 5.86. The number of halogens is 1. The summed E-state index contributed by atoms with van der Waals surface area (Å²) in [6.45, 7) is 4.32. The summed E-state index contributed by atoms with van der Waals surface area (Å²) >= 11 is 0. The minimum absolute atomic E-state index is 0.153. The van der Waals surface area contributed by atoms with E-state index >= 15 is 0 Å². The first-order chi connectivity index (χ1) is 8.68. The van der Waals surface area contributed by atoms with Crippen LogP contribution in [0.3, 0.4) is 0 Å². The molecular formula is C15H19FN2. The van der Waals surface area contributed by atoms with E-state index in [-0.39, 0.29) is 5.82 Å². The minimum atomic E-state index is -0.153. The Morgan fingerprint density at radius 3 is 2.72 bits per heavy atom. The molecule has 1 N–H and O–H groups in total. The van der Waals surface area contributed by atoms with E-state index in [4.69, 9.17) is 0 Å². The summed E-state index contributed by atoms with van der Waals surface area (Å²) in [5, 5.41) is 4.63. The van der Waals surface area contributed by atoms with Gasteiger partial charge < -0.3 is 9.88 Å². The molecule has 96 valence electrons. The van der Waals surface area contributed by atoms with Gasteiger partial charge in [-0.2, -0.15) is 0 Å². The Hall–Kier alpha value is -1.35. The quantitative estimate of drug-likeness (QED) is 0.818. The number of hydrogen-bond acceptors (Lipinski definition) is 1. The van der Waals surface area contributed by atoms with Gasteiger partial charge in [-0.1, -0.05) is 0 Å². The molecule has 1 fully saturated rings. The Balaban J connectivity index is 2.18. The number of piperidine rings is 1. The minimum Gasteiger partial charge on any atom is -0.348 e. The Morgan fingerprint density at radius 1 is 1.28 bits per heavy atom. The topological polar surface area (TPSA) is 17.0 Å². The monoisotopic (exact) mass is 246 g/mol. The molecule has 1 saturated heterocycles. The van der Waals surface area contributed by atoms with Crippen LogP contribution in [-0.4, -0.2) is 17.7 Å². The zero-order chi connectivity index (χ0) is 12.7. The predicted molar refractivity (Wildman–Crippen MR) is 72.5 cm³/mol. The molecule has 0 unspecified atom stereocenters. The molecule has 1 aliphatic rings. The van der Waals surface area contributed by atoms with Gasteiger partial charge in [-0.25, -0.2) is 4.39 Å². The van der Waals surface area contributed by atoms with Gasteiger partial charge in [0, 0.05) is 18.1 Å². The van der Waals surface area contributed by atoms with Crippen LogP contribution in [0, 0.1) is 12.7 Å². The second kappa shape index (κ2) is 4.39. The molecule has 0 saturated carbocycles. The number of aryl methyl sites for hydroxylation is 1. The number of aromatic nitrogens is 1. The van der Waals surface area contributed by atoms with Crippen molar-refractivity contribution in [3.05, 3.63) is 35.3 Å². The standard InChI is InChI=1S/C15H19FN2/c1-10-15(11-5-7-17-8-6-11)13-4-3-12(16)9-14(13)18(10)2/h3-4,9,11,17H,5-8H2,1-2H3. The summed E-state index contributed by atoms with van der Waals surface area (Å²) in [6.07, 6.45) is 2.36. The van der Waals surface area contributed by atoms with Gasteiger partial charge in [-0.15, -0.1) is 0 Å². The molecule has 1 aliphatic heterocycles. The third-order valence-corrected chi connectivity index (χ3v) is 4.25. The van der Waals surface area contributed by atoms with Crippen LogP contribution in [0.2, 0.25) is 0 Å². The fourth-order valence-electron chi connectivity index (χ4n) is 3.19. The maximum Gasteiger partial charge on any atom is 0.125 e. The van der Waals surface area contributed by atoms with E-state index in [2.05, 4.69) is 16.8 Å². The molecule has 2 nitrogen and oxygen atoms in total. The van der Waals surface area contributed by atoms with Crippen LogP contribution in [-0.2, 0) is 7.05 Å². The molecule has 0 aliphatic carbocycles. The zero-order valence-corrected chi connectivity index (χ0v) is 11.0. The van der Waals surface area contributed by atoms with Crippen molar-refractivity contribution in [3.8, 4) is 0 Å². The van der Waals surface area contributed by atoms with E-state index in [1.807, 2.05) is 13.1 Å². The Bertz CT molecular complexity index is 580. The second-order valence-corrected chi connectivity index (χ2v) is 5.24. The highest BCUT2D eigenvalue weighted by atomic mass is 19.1. The van der Waals surface area contributed by atoms with Gasteiger partial charge in [0.15, 0.2) is 0 Å². The van der Waals surface area contributed by atoms with Crippen molar-refractivity contribution in [2.45, 2.75) is 25.7 Å². The highest BCUT2D eigenvalue weighted by Gasteiger charge is 2.22. The summed E-state index contributed by atoms with van der Waals surface area (Å²) < 4.78 is 15.5. The third kappa shape index (κ3) is 1.74. The smallest absolute Gasteiger partial charge is 0.125 e. The van der Waals surface area contributed by atoms with Gasteiger partial charge in [0.2, 0.25) is 0 Å².